The molecule has 1 N–H and O–H groups in total. The summed E-state index contributed by atoms with van der Waals surface area (Å²) in [5, 5.41) is 3.01. The fourth-order valence-electron chi connectivity index (χ4n) is 2.09. The van der Waals surface area contributed by atoms with Gasteiger partial charge in [-0.3, -0.25) is 0 Å². The molecule has 1 rings (SSSR count). The maximum absolute atomic E-state index is 12.6. The molecule has 0 bridgehead atoms. The van der Waals surface area contributed by atoms with E-state index in [0.29, 0.717) is 12.4 Å². The lowest BCUT2D eigenvalue weighted by Crippen LogP contribution is -2.41. The zero-order chi connectivity index (χ0) is 15.3. The molecule has 112 valence electrons. The average Bonchev–Trinajstić information content (AvgIpc) is 2.35. The Kier molecular flexibility index (Phi) is 5.71. The van der Waals surface area contributed by atoms with Crippen LogP contribution in [0, 0.1) is 0 Å². The molecule has 0 radical (unpaired) electrons. The molecule has 6 heteroatoms. The Morgan fingerprint density at radius 1 is 1.30 bits per heavy atom. The highest BCUT2D eigenvalue weighted by atomic mass is 32.2. The number of hydrogen-bond acceptors (Lipinski definition) is 4. The van der Waals surface area contributed by atoms with Crippen LogP contribution >= 0.6 is 0 Å². The summed E-state index contributed by atoms with van der Waals surface area (Å²) < 4.78 is 26.7. The molecular formula is C14H23N3O2S. The van der Waals surface area contributed by atoms with Crippen LogP contribution in [0.3, 0.4) is 0 Å². The van der Waals surface area contributed by atoms with Crippen LogP contribution in [0.5, 0.6) is 0 Å². The average molecular weight is 297 g/mol. The minimum atomic E-state index is -3.51. The molecule has 0 aliphatic rings. The van der Waals surface area contributed by atoms with Gasteiger partial charge >= 0.3 is 0 Å². The molecule has 0 aliphatic carbocycles. The molecule has 0 spiro atoms. The predicted octanol–water partition coefficient (Wildman–Crippen LogP) is 2.49. The summed E-state index contributed by atoms with van der Waals surface area (Å²) in [7, 11) is -3.51. The monoisotopic (exact) mass is 297 g/mol. The molecular weight excluding hydrogens is 274 g/mol. The van der Waals surface area contributed by atoms with Crippen LogP contribution < -0.4 is 5.32 Å². The van der Waals surface area contributed by atoms with Gasteiger partial charge in [0.05, 0.1) is 0 Å². The Morgan fingerprint density at radius 3 is 2.30 bits per heavy atom. The minimum Gasteiger partial charge on any atom is -0.367 e. The lowest BCUT2D eigenvalue weighted by atomic mass is 10.3. The first-order valence-electron chi connectivity index (χ1n) is 6.65. The maximum Gasteiger partial charge on any atom is 0.245 e. The first-order chi connectivity index (χ1) is 9.30. The molecule has 0 aliphatic heterocycles. The van der Waals surface area contributed by atoms with E-state index in [9.17, 15) is 8.42 Å². The molecule has 20 heavy (non-hydrogen) atoms. The van der Waals surface area contributed by atoms with Crippen molar-refractivity contribution in [1.82, 2.24) is 9.29 Å². The Hall–Kier alpha value is -1.40. The molecule has 0 unspecified atom stereocenters. The molecule has 0 saturated carbocycles. The van der Waals surface area contributed by atoms with Crippen molar-refractivity contribution < 1.29 is 8.42 Å². The highest BCUT2D eigenvalue weighted by Crippen LogP contribution is 2.21. The Morgan fingerprint density at radius 2 is 1.90 bits per heavy atom. The van der Waals surface area contributed by atoms with Crippen molar-refractivity contribution in [1.29, 1.82) is 0 Å². The third-order valence-electron chi connectivity index (χ3n) is 2.76. The fourth-order valence-corrected chi connectivity index (χ4v) is 3.87. The summed E-state index contributed by atoms with van der Waals surface area (Å²) >= 11 is 0. The lowest BCUT2D eigenvalue weighted by molar-refractivity contribution is 0.302. The first-order valence-corrected chi connectivity index (χ1v) is 8.09. The molecule has 0 aromatic carbocycles. The highest BCUT2D eigenvalue weighted by molar-refractivity contribution is 7.89. The van der Waals surface area contributed by atoms with E-state index in [1.54, 1.807) is 18.2 Å². The van der Waals surface area contributed by atoms with Crippen molar-refractivity contribution in [3.63, 3.8) is 0 Å². The second-order valence-electron chi connectivity index (χ2n) is 5.07. The van der Waals surface area contributed by atoms with Crippen molar-refractivity contribution in [3.8, 4) is 0 Å². The van der Waals surface area contributed by atoms with Gasteiger partial charge in [0.15, 0.2) is 0 Å². The number of hydrogen-bond donors (Lipinski definition) is 1. The van der Waals surface area contributed by atoms with Gasteiger partial charge in [-0.05, 0) is 39.8 Å². The SMILES string of the molecule is C=CCNc1ccc(S(=O)(=O)N(C(C)C)C(C)C)cn1. The predicted molar refractivity (Wildman–Crippen MR) is 82.2 cm³/mol. The van der Waals surface area contributed by atoms with Gasteiger partial charge in [-0.25, -0.2) is 13.4 Å². The number of rotatable bonds is 7. The van der Waals surface area contributed by atoms with Gasteiger partial charge in [-0.1, -0.05) is 6.08 Å². The minimum absolute atomic E-state index is 0.0985. The van der Waals surface area contributed by atoms with E-state index < -0.39 is 10.0 Å². The second-order valence-corrected chi connectivity index (χ2v) is 6.91. The van der Waals surface area contributed by atoms with Crippen LogP contribution in [-0.2, 0) is 10.0 Å². The summed E-state index contributed by atoms with van der Waals surface area (Å²) in [5.74, 6) is 0.629. The van der Waals surface area contributed by atoms with E-state index in [1.807, 2.05) is 27.7 Å². The van der Waals surface area contributed by atoms with Crippen molar-refractivity contribution in [2.24, 2.45) is 0 Å². The molecule has 1 aromatic rings. The standard InChI is InChI=1S/C14H23N3O2S/c1-6-9-15-14-8-7-13(10-16-14)20(18,19)17(11(2)3)12(4)5/h6-8,10-12H,1,9H2,2-5H3,(H,15,16). The number of aromatic nitrogens is 1. The summed E-state index contributed by atoms with van der Waals surface area (Å²) in [6.07, 6.45) is 3.10. The number of pyridine rings is 1. The molecule has 0 amide bonds. The Labute approximate surface area is 121 Å². The topological polar surface area (TPSA) is 62.3 Å². The Balaban J connectivity index is 3.06. The van der Waals surface area contributed by atoms with Crippen molar-refractivity contribution >= 4 is 15.8 Å². The quantitative estimate of drug-likeness (QED) is 0.785. The van der Waals surface area contributed by atoms with Gasteiger partial charge in [0.2, 0.25) is 10.0 Å². The van der Waals surface area contributed by atoms with Gasteiger partial charge < -0.3 is 5.32 Å². The molecule has 0 fully saturated rings. The van der Waals surface area contributed by atoms with Crippen molar-refractivity contribution in [3.05, 3.63) is 31.0 Å². The van der Waals surface area contributed by atoms with Gasteiger partial charge in [0, 0.05) is 24.8 Å². The van der Waals surface area contributed by atoms with Gasteiger partial charge in [-0.2, -0.15) is 4.31 Å². The van der Waals surface area contributed by atoms with Crippen LogP contribution in [-0.4, -0.2) is 36.3 Å². The number of nitrogens with one attached hydrogen (secondary N) is 1. The third-order valence-corrected chi connectivity index (χ3v) is 4.99. The van der Waals surface area contributed by atoms with E-state index in [0.717, 1.165) is 0 Å². The summed E-state index contributed by atoms with van der Waals surface area (Å²) in [6.45, 7) is 11.7. The van der Waals surface area contributed by atoms with Gasteiger partial charge in [0.1, 0.15) is 10.7 Å². The van der Waals surface area contributed by atoms with Crippen LogP contribution in [0.15, 0.2) is 35.9 Å². The van der Waals surface area contributed by atoms with E-state index in [2.05, 4.69) is 16.9 Å². The summed E-state index contributed by atoms with van der Waals surface area (Å²) in [4.78, 5) is 4.33. The van der Waals surface area contributed by atoms with E-state index >= 15 is 0 Å². The molecule has 5 nitrogen and oxygen atoms in total. The number of anilines is 1. The van der Waals surface area contributed by atoms with Gasteiger partial charge in [-0.15, -0.1) is 6.58 Å². The van der Waals surface area contributed by atoms with Crippen LogP contribution in [0.4, 0.5) is 5.82 Å². The third kappa shape index (κ3) is 3.80. The maximum atomic E-state index is 12.6. The largest absolute Gasteiger partial charge is 0.367 e. The van der Waals surface area contributed by atoms with Crippen molar-refractivity contribution in [2.75, 3.05) is 11.9 Å². The molecule has 1 aromatic heterocycles. The molecule has 0 saturated heterocycles. The van der Waals surface area contributed by atoms with E-state index in [1.165, 1.54) is 10.5 Å². The van der Waals surface area contributed by atoms with E-state index in [-0.39, 0.29) is 17.0 Å². The van der Waals surface area contributed by atoms with Crippen LogP contribution in [0.25, 0.3) is 0 Å². The zero-order valence-corrected chi connectivity index (χ0v) is 13.3. The summed E-state index contributed by atoms with van der Waals surface area (Å²) in [6, 6.07) is 3.04. The van der Waals surface area contributed by atoms with Crippen LogP contribution in [0.2, 0.25) is 0 Å². The smallest absolute Gasteiger partial charge is 0.245 e. The zero-order valence-electron chi connectivity index (χ0n) is 12.5. The van der Waals surface area contributed by atoms with Crippen LogP contribution in [0.1, 0.15) is 27.7 Å². The normalized spacial score (nSPS) is 12.2. The van der Waals surface area contributed by atoms with E-state index in [4.69, 9.17) is 0 Å². The molecule has 0 atom stereocenters. The number of sulfonamides is 1. The number of nitrogens with zero attached hydrogens (tertiary/aromatic N) is 2. The second kappa shape index (κ2) is 6.85. The Bertz CT molecular complexity index is 528. The fraction of sp³-hybridized carbons (Fsp3) is 0.500. The van der Waals surface area contributed by atoms with Crippen molar-refractivity contribution in [2.45, 2.75) is 44.7 Å². The first kappa shape index (κ1) is 16.7. The summed E-state index contributed by atoms with van der Waals surface area (Å²) in [5.41, 5.74) is 0. The highest BCUT2D eigenvalue weighted by Gasteiger charge is 2.29. The lowest BCUT2D eigenvalue weighted by Gasteiger charge is -2.29. The van der Waals surface area contributed by atoms with Gasteiger partial charge in [0.25, 0.3) is 0 Å². The molecule has 1 heterocycles.